The molecule has 2 aliphatic heterocycles. The molecule has 3 amide bonds. The molecule has 0 aliphatic carbocycles. The van der Waals surface area contributed by atoms with Crippen LogP contribution in [-0.4, -0.2) is 61.6 Å². The van der Waals surface area contributed by atoms with Gasteiger partial charge in [-0.2, -0.15) is 0 Å². The number of esters is 1. The van der Waals surface area contributed by atoms with Crippen LogP contribution in [0.15, 0.2) is 42.5 Å². The van der Waals surface area contributed by atoms with Crippen molar-refractivity contribution in [2.45, 2.75) is 18.9 Å². The summed E-state index contributed by atoms with van der Waals surface area (Å²) in [4.78, 5) is 50.9. The molecule has 166 valence electrons. The Morgan fingerprint density at radius 2 is 1.84 bits per heavy atom. The molecule has 1 atom stereocenters. The lowest BCUT2D eigenvalue weighted by atomic mass is 10.1. The van der Waals surface area contributed by atoms with E-state index in [4.69, 9.17) is 14.2 Å². The van der Waals surface area contributed by atoms with Gasteiger partial charge in [-0.15, -0.1) is 0 Å². The van der Waals surface area contributed by atoms with Gasteiger partial charge in [0.2, 0.25) is 0 Å². The standard InChI is InChI=1S/C23H22N2O7/c1-30-16-7-5-15(6-8-16)24-20(26)13-32-23(29)14-4-9-18-19(11-14)22(28)25(21(18)27)12-17-3-2-10-31-17/h4-9,11,17H,2-3,10,12-13H2,1H3,(H,24,26)/t17-/m1/s1. The van der Waals surface area contributed by atoms with Crippen molar-refractivity contribution in [3.05, 3.63) is 59.2 Å². The highest BCUT2D eigenvalue weighted by molar-refractivity contribution is 6.22. The molecule has 9 nitrogen and oxygen atoms in total. The number of amides is 3. The Hall–Kier alpha value is -3.72. The zero-order chi connectivity index (χ0) is 22.7. The summed E-state index contributed by atoms with van der Waals surface area (Å²) >= 11 is 0. The third-order valence-electron chi connectivity index (χ3n) is 5.32. The number of ether oxygens (including phenoxy) is 3. The van der Waals surface area contributed by atoms with E-state index in [1.165, 1.54) is 25.3 Å². The van der Waals surface area contributed by atoms with Crippen molar-refractivity contribution in [2.75, 3.05) is 32.2 Å². The number of rotatable bonds is 7. The van der Waals surface area contributed by atoms with E-state index in [2.05, 4.69) is 5.32 Å². The molecule has 9 heteroatoms. The fraction of sp³-hybridized carbons (Fsp3) is 0.304. The van der Waals surface area contributed by atoms with Crippen LogP contribution in [0.2, 0.25) is 0 Å². The van der Waals surface area contributed by atoms with Crippen molar-refractivity contribution in [3.63, 3.8) is 0 Å². The van der Waals surface area contributed by atoms with E-state index in [1.54, 1.807) is 24.3 Å². The fourth-order valence-corrected chi connectivity index (χ4v) is 3.66. The summed E-state index contributed by atoms with van der Waals surface area (Å²) in [5, 5.41) is 2.61. The second-order valence-corrected chi connectivity index (χ2v) is 7.47. The van der Waals surface area contributed by atoms with Gasteiger partial charge >= 0.3 is 5.97 Å². The summed E-state index contributed by atoms with van der Waals surface area (Å²) in [5.74, 6) is -1.51. The van der Waals surface area contributed by atoms with E-state index in [0.29, 0.717) is 18.0 Å². The minimum Gasteiger partial charge on any atom is -0.497 e. The van der Waals surface area contributed by atoms with Crippen LogP contribution in [0, 0.1) is 0 Å². The predicted octanol–water partition coefficient (Wildman–Crippen LogP) is 2.27. The van der Waals surface area contributed by atoms with E-state index < -0.39 is 30.3 Å². The molecule has 2 aromatic carbocycles. The third kappa shape index (κ3) is 4.47. The Kier molecular flexibility index (Phi) is 6.18. The quantitative estimate of drug-likeness (QED) is 0.521. The largest absolute Gasteiger partial charge is 0.497 e. The Balaban J connectivity index is 1.36. The van der Waals surface area contributed by atoms with Crippen molar-refractivity contribution in [3.8, 4) is 5.75 Å². The fourth-order valence-electron chi connectivity index (χ4n) is 3.66. The Bertz CT molecular complexity index is 1060. The summed E-state index contributed by atoms with van der Waals surface area (Å²) in [7, 11) is 1.54. The molecule has 1 saturated heterocycles. The van der Waals surface area contributed by atoms with Crippen LogP contribution in [0.5, 0.6) is 5.75 Å². The van der Waals surface area contributed by atoms with E-state index in [-0.39, 0.29) is 29.3 Å². The minimum atomic E-state index is -0.768. The third-order valence-corrected chi connectivity index (χ3v) is 5.32. The molecule has 0 aromatic heterocycles. The number of carbonyl (C=O) groups excluding carboxylic acids is 4. The molecule has 1 N–H and O–H groups in total. The molecule has 0 saturated carbocycles. The number of benzene rings is 2. The first-order valence-corrected chi connectivity index (χ1v) is 10.2. The van der Waals surface area contributed by atoms with Gasteiger partial charge in [0.1, 0.15) is 5.75 Å². The highest BCUT2D eigenvalue weighted by Gasteiger charge is 2.38. The molecule has 2 aromatic rings. The number of nitrogens with one attached hydrogen (secondary N) is 1. The zero-order valence-corrected chi connectivity index (χ0v) is 17.5. The molecular weight excluding hydrogens is 416 g/mol. The number of methoxy groups -OCH3 is 1. The molecule has 2 heterocycles. The predicted molar refractivity (Wildman–Crippen MR) is 113 cm³/mol. The SMILES string of the molecule is COc1ccc(NC(=O)COC(=O)c2ccc3c(c2)C(=O)N(C[C@H]2CCCO2)C3=O)cc1. The van der Waals surface area contributed by atoms with Gasteiger partial charge in [0, 0.05) is 12.3 Å². The lowest BCUT2D eigenvalue weighted by Crippen LogP contribution is -2.36. The molecule has 0 spiro atoms. The molecule has 0 unspecified atom stereocenters. The van der Waals surface area contributed by atoms with Gasteiger partial charge in [0.15, 0.2) is 6.61 Å². The Labute approximate surface area is 184 Å². The summed E-state index contributed by atoms with van der Waals surface area (Å²) in [6.07, 6.45) is 1.53. The Morgan fingerprint density at radius 1 is 1.09 bits per heavy atom. The molecule has 2 aliphatic rings. The second-order valence-electron chi connectivity index (χ2n) is 7.47. The number of imide groups is 1. The topological polar surface area (TPSA) is 111 Å². The summed E-state index contributed by atoms with van der Waals surface area (Å²) < 4.78 is 15.6. The van der Waals surface area contributed by atoms with Crippen LogP contribution in [-0.2, 0) is 14.3 Å². The Morgan fingerprint density at radius 3 is 2.53 bits per heavy atom. The van der Waals surface area contributed by atoms with Crippen molar-refractivity contribution in [1.29, 1.82) is 0 Å². The smallest absolute Gasteiger partial charge is 0.338 e. The van der Waals surface area contributed by atoms with E-state index in [9.17, 15) is 19.2 Å². The van der Waals surface area contributed by atoms with E-state index >= 15 is 0 Å². The summed E-state index contributed by atoms with van der Waals surface area (Å²) in [6.45, 7) is 0.313. The van der Waals surface area contributed by atoms with Crippen molar-refractivity contribution in [1.82, 2.24) is 4.90 Å². The average Bonchev–Trinajstić information content (AvgIpc) is 3.41. The van der Waals surface area contributed by atoms with Gasteiger partial charge in [-0.25, -0.2) is 4.79 Å². The molecular formula is C23H22N2O7. The first-order valence-electron chi connectivity index (χ1n) is 10.2. The van der Waals surface area contributed by atoms with Crippen molar-refractivity contribution in [2.24, 2.45) is 0 Å². The summed E-state index contributed by atoms with van der Waals surface area (Å²) in [6, 6.07) is 10.9. The molecule has 1 fully saturated rings. The maximum absolute atomic E-state index is 12.7. The maximum atomic E-state index is 12.7. The number of nitrogens with zero attached hydrogens (tertiary/aromatic N) is 1. The normalized spacial score (nSPS) is 17.3. The first-order chi connectivity index (χ1) is 15.5. The first kappa shape index (κ1) is 21.5. The molecule has 32 heavy (non-hydrogen) atoms. The van der Waals surface area contributed by atoms with Gasteiger partial charge in [0.25, 0.3) is 17.7 Å². The van der Waals surface area contributed by atoms with Gasteiger partial charge in [-0.3, -0.25) is 19.3 Å². The number of anilines is 1. The van der Waals surface area contributed by atoms with Crippen LogP contribution in [0.4, 0.5) is 5.69 Å². The number of fused-ring (bicyclic) bond motifs is 1. The lowest BCUT2D eigenvalue weighted by Gasteiger charge is -2.17. The van der Waals surface area contributed by atoms with Gasteiger partial charge < -0.3 is 19.5 Å². The van der Waals surface area contributed by atoms with Gasteiger partial charge in [-0.05, 0) is 55.3 Å². The zero-order valence-electron chi connectivity index (χ0n) is 17.5. The van der Waals surface area contributed by atoms with E-state index in [0.717, 1.165) is 17.7 Å². The number of carbonyl (C=O) groups is 4. The highest BCUT2D eigenvalue weighted by atomic mass is 16.5. The van der Waals surface area contributed by atoms with Crippen molar-refractivity contribution < 1.29 is 33.4 Å². The van der Waals surface area contributed by atoms with E-state index in [1.807, 2.05) is 0 Å². The minimum absolute atomic E-state index is 0.0844. The van der Waals surface area contributed by atoms with Crippen LogP contribution in [0.1, 0.15) is 43.9 Å². The molecule has 0 bridgehead atoms. The maximum Gasteiger partial charge on any atom is 0.338 e. The second kappa shape index (κ2) is 9.19. The van der Waals surface area contributed by atoms with Gasteiger partial charge in [0.05, 0.1) is 36.4 Å². The van der Waals surface area contributed by atoms with Crippen molar-refractivity contribution >= 4 is 29.4 Å². The average molecular weight is 438 g/mol. The lowest BCUT2D eigenvalue weighted by molar-refractivity contribution is -0.119. The number of hydrogen-bond donors (Lipinski definition) is 1. The van der Waals surface area contributed by atoms with Crippen LogP contribution < -0.4 is 10.1 Å². The van der Waals surface area contributed by atoms with Crippen LogP contribution >= 0.6 is 0 Å². The number of hydrogen-bond acceptors (Lipinski definition) is 7. The van der Waals surface area contributed by atoms with Gasteiger partial charge in [-0.1, -0.05) is 0 Å². The van der Waals surface area contributed by atoms with Crippen LogP contribution in [0.3, 0.4) is 0 Å². The van der Waals surface area contributed by atoms with Crippen LogP contribution in [0.25, 0.3) is 0 Å². The summed E-state index contributed by atoms with van der Waals surface area (Å²) in [5.41, 5.74) is 0.993. The monoisotopic (exact) mass is 438 g/mol. The molecule has 0 radical (unpaired) electrons. The molecule has 4 rings (SSSR count). The highest BCUT2D eigenvalue weighted by Crippen LogP contribution is 2.26.